The molecule has 2 atom stereocenters. The number of esters is 1. The molecule has 9 nitrogen and oxygen atoms in total. The maximum atomic E-state index is 12.3. The van der Waals surface area contributed by atoms with Gasteiger partial charge in [0.15, 0.2) is 16.4 Å². The molecule has 29 heavy (non-hydrogen) atoms. The van der Waals surface area contributed by atoms with Crippen molar-refractivity contribution in [3.8, 4) is 0 Å². The lowest BCUT2D eigenvalue weighted by atomic mass is 10.1. The van der Waals surface area contributed by atoms with Crippen LogP contribution in [0.4, 0.5) is 0 Å². The zero-order chi connectivity index (χ0) is 21.0. The molecular formula is C19H23N3O6S. The Kier molecular flexibility index (Phi) is 6.31. The van der Waals surface area contributed by atoms with Crippen molar-refractivity contribution in [1.82, 2.24) is 10.3 Å². The van der Waals surface area contributed by atoms with Crippen LogP contribution in [0.5, 0.6) is 0 Å². The first-order valence-corrected chi connectivity index (χ1v) is 11.2. The zero-order valence-electron chi connectivity index (χ0n) is 16.0. The number of ether oxygens (including phenoxy) is 1. The number of nitrogens with one attached hydrogen (secondary N) is 1. The largest absolute Gasteiger partial charge is 0.451 e. The third-order valence-corrected chi connectivity index (χ3v) is 6.61. The van der Waals surface area contributed by atoms with E-state index in [-0.39, 0.29) is 42.0 Å². The number of hydrazone groups is 1. The molecule has 0 unspecified atom stereocenters. The van der Waals surface area contributed by atoms with Crippen LogP contribution in [-0.4, -0.2) is 61.1 Å². The molecule has 0 saturated carbocycles. The molecule has 1 aromatic rings. The van der Waals surface area contributed by atoms with E-state index in [0.29, 0.717) is 6.42 Å². The Morgan fingerprint density at radius 2 is 2.00 bits per heavy atom. The van der Waals surface area contributed by atoms with E-state index in [0.717, 1.165) is 10.6 Å². The molecule has 0 bridgehead atoms. The summed E-state index contributed by atoms with van der Waals surface area (Å²) in [6, 6.07) is 8.55. The van der Waals surface area contributed by atoms with Crippen LogP contribution in [0.15, 0.2) is 35.4 Å². The Hall–Kier alpha value is -2.75. The van der Waals surface area contributed by atoms with Crippen molar-refractivity contribution in [2.24, 2.45) is 5.10 Å². The quantitative estimate of drug-likeness (QED) is 0.670. The number of benzene rings is 1. The van der Waals surface area contributed by atoms with Crippen LogP contribution in [0.25, 0.3) is 0 Å². The molecule has 2 aliphatic heterocycles. The first-order chi connectivity index (χ1) is 13.7. The van der Waals surface area contributed by atoms with E-state index in [4.69, 9.17) is 4.74 Å². The van der Waals surface area contributed by atoms with Crippen LogP contribution in [0.1, 0.15) is 37.8 Å². The van der Waals surface area contributed by atoms with Gasteiger partial charge in [0.05, 0.1) is 23.6 Å². The van der Waals surface area contributed by atoms with Gasteiger partial charge in [-0.2, -0.15) is 5.10 Å². The Labute approximate surface area is 169 Å². The zero-order valence-corrected chi connectivity index (χ0v) is 16.9. The second kappa shape index (κ2) is 8.73. The van der Waals surface area contributed by atoms with Crippen LogP contribution in [0.3, 0.4) is 0 Å². The molecule has 156 valence electrons. The SMILES string of the molecule is C[C@@H](NC(=O)COC(=O)C1=NN([C@H]2CCS(=O)(=O)C2)C(=O)CC1)c1ccccc1. The molecule has 3 rings (SSSR count). The van der Waals surface area contributed by atoms with E-state index < -0.39 is 34.4 Å². The first kappa shape index (κ1) is 21.0. The first-order valence-electron chi connectivity index (χ1n) is 9.36. The Morgan fingerprint density at radius 3 is 2.66 bits per heavy atom. The van der Waals surface area contributed by atoms with Gasteiger partial charge in [0.25, 0.3) is 5.91 Å². The van der Waals surface area contributed by atoms with Crippen LogP contribution in [0.2, 0.25) is 0 Å². The fourth-order valence-corrected chi connectivity index (χ4v) is 4.99. The van der Waals surface area contributed by atoms with Crippen molar-refractivity contribution in [3.63, 3.8) is 0 Å². The smallest absolute Gasteiger partial charge is 0.355 e. The average molecular weight is 421 g/mol. The summed E-state index contributed by atoms with van der Waals surface area (Å²) >= 11 is 0. The minimum Gasteiger partial charge on any atom is -0.451 e. The van der Waals surface area contributed by atoms with Crippen molar-refractivity contribution in [3.05, 3.63) is 35.9 Å². The molecule has 2 aliphatic rings. The van der Waals surface area contributed by atoms with E-state index in [1.807, 2.05) is 37.3 Å². The highest BCUT2D eigenvalue weighted by molar-refractivity contribution is 7.91. The highest BCUT2D eigenvalue weighted by Gasteiger charge is 2.37. The maximum Gasteiger partial charge on any atom is 0.355 e. The predicted molar refractivity (Wildman–Crippen MR) is 105 cm³/mol. The summed E-state index contributed by atoms with van der Waals surface area (Å²) in [7, 11) is -3.19. The molecule has 0 radical (unpaired) electrons. The molecule has 2 heterocycles. The van der Waals surface area contributed by atoms with Crippen molar-refractivity contribution in [2.75, 3.05) is 18.1 Å². The van der Waals surface area contributed by atoms with Gasteiger partial charge in [-0.3, -0.25) is 9.59 Å². The molecule has 1 N–H and O–H groups in total. The third-order valence-electron chi connectivity index (χ3n) is 4.86. The van der Waals surface area contributed by atoms with Gasteiger partial charge in [0, 0.05) is 12.8 Å². The number of hydrogen-bond donors (Lipinski definition) is 1. The summed E-state index contributed by atoms with van der Waals surface area (Å²) in [6.07, 6.45) is 0.428. The highest BCUT2D eigenvalue weighted by atomic mass is 32.2. The number of sulfone groups is 1. The van der Waals surface area contributed by atoms with Crippen molar-refractivity contribution in [2.45, 2.75) is 38.3 Å². The molecule has 2 amide bonds. The standard InChI is InChI=1S/C19H23N3O6S/c1-13(14-5-3-2-4-6-14)20-17(23)11-28-19(25)16-7-8-18(24)22(21-16)15-9-10-29(26,27)12-15/h2-6,13,15H,7-12H2,1H3,(H,20,23)/t13-,15+/m1/s1. The van der Waals surface area contributed by atoms with Gasteiger partial charge in [-0.05, 0) is 18.9 Å². The number of carbonyl (C=O) groups excluding carboxylic acids is 3. The van der Waals surface area contributed by atoms with Gasteiger partial charge in [-0.15, -0.1) is 0 Å². The van der Waals surface area contributed by atoms with Gasteiger partial charge in [0.2, 0.25) is 5.91 Å². The van der Waals surface area contributed by atoms with Gasteiger partial charge >= 0.3 is 5.97 Å². The minimum atomic E-state index is -3.19. The van der Waals surface area contributed by atoms with E-state index in [9.17, 15) is 22.8 Å². The topological polar surface area (TPSA) is 122 Å². The van der Waals surface area contributed by atoms with E-state index in [2.05, 4.69) is 10.4 Å². The summed E-state index contributed by atoms with van der Waals surface area (Å²) in [5.74, 6) is -1.73. The third kappa shape index (κ3) is 5.41. The number of amides is 2. The van der Waals surface area contributed by atoms with Gasteiger partial charge in [0.1, 0.15) is 5.71 Å². The molecule has 0 aromatic heterocycles. The predicted octanol–water partition coefficient (Wildman–Crippen LogP) is 0.573. The Balaban J connectivity index is 1.55. The van der Waals surface area contributed by atoms with Crippen molar-refractivity contribution < 1.29 is 27.5 Å². The molecule has 10 heteroatoms. The Morgan fingerprint density at radius 1 is 1.28 bits per heavy atom. The molecule has 1 aromatic carbocycles. The number of nitrogens with zero attached hydrogens (tertiary/aromatic N) is 2. The summed E-state index contributed by atoms with van der Waals surface area (Å²) in [6.45, 7) is 1.35. The van der Waals surface area contributed by atoms with Gasteiger partial charge in [-0.25, -0.2) is 18.2 Å². The monoisotopic (exact) mass is 421 g/mol. The summed E-state index contributed by atoms with van der Waals surface area (Å²) in [4.78, 5) is 36.4. The fraction of sp³-hybridized carbons (Fsp3) is 0.474. The molecular weight excluding hydrogens is 398 g/mol. The van der Waals surface area contributed by atoms with Crippen molar-refractivity contribution in [1.29, 1.82) is 0 Å². The van der Waals surface area contributed by atoms with Crippen LogP contribution >= 0.6 is 0 Å². The summed E-state index contributed by atoms with van der Waals surface area (Å²) in [5, 5.41) is 7.85. The second-order valence-corrected chi connectivity index (χ2v) is 9.35. The molecule has 1 fully saturated rings. The van der Waals surface area contributed by atoms with Crippen LogP contribution < -0.4 is 5.32 Å². The summed E-state index contributed by atoms with van der Waals surface area (Å²) in [5.41, 5.74) is 0.933. The number of rotatable bonds is 6. The lowest BCUT2D eigenvalue weighted by Crippen LogP contribution is -2.42. The molecule has 0 spiro atoms. The van der Waals surface area contributed by atoms with E-state index in [1.165, 1.54) is 0 Å². The highest BCUT2D eigenvalue weighted by Crippen LogP contribution is 2.22. The summed E-state index contributed by atoms with van der Waals surface area (Å²) < 4.78 is 28.3. The normalized spacial score (nSPS) is 22.0. The second-order valence-electron chi connectivity index (χ2n) is 7.12. The average Bonchev–Trinajstić information content (AvgIpc) is 3.06. The molecule has 0 aliphatic carbocycles. The lowest BCUT2D eigenvalue weighted by molar-refractivity contribution is -0.143. The van der Waals surface area contributed by atoms with Crippen LogP contribution in [-0.2, 0) is 29.0 Å². The molecule has 1 saturated heterocycles. The van der Waals surface area contributed by atoms with E-state index >= 15 is 0 Å². The van der Waals surface area contributed by atoms with Crippen molar-refractivity contribution >= 4 is 33.3 Å². The lowest BCUT2D eigenvalue weighted by Gasteiger charge is -2.27. The van der Waals surface area contributed by atoms with Gasteiger partial charge in [-0.1, -0.05) is 30.3 Å². The minimum absolute atomic E-state index is 0.00346. The number of carbonyl (C=O) groups is 3. The Bertz CT molecular complexity index is 929. The fourth-order valence-electron chi connectivity index (χ4n) is 3.29. The van der Waals surface area contributed by atoms with Gasteiger partial charge < -0.3 is 10.1 Å². The number of hydrogen-bond acceptors (Lipinski definition) is 7. The van der Waals surface area contributed by atoms with E-state index in [1.54, 1.807) is 0 Å². The maximum absolute atomic E-state index is 12.3. The van der Waals surface area contributed by atoms with Crippen LogP contribution in [0, 0.1) is 0 Å².